The Morgan fingerprint density at radius 3 is 2.35 bits per heavy atom. The summed E-state index contributed by atoms with van der Waals surface area (Å²) >= 11 is 0. The summed E-state index contributed by atoms with van der Waals surface area (Å²) in [7, 11) is -9.28. The van der Waals surface area contributed by atoms with Crippen molar-refractivity contribution in [1.29, 1.82) is 0 Å². The highest BCUT2D eigenvalue weighted by Gasteiger charge is 2.38. The fourth-order valence-corrected chi connectivity index (χ4v) is 3.94. The van der Waals surface area contributed by atoms with Crippen LogP contribution in [0, 0.1) is 5.92 Å². The van der Waals surface area contributed by atoms with Crippen molar-refractivity contribution < 1.29 is 39.8 Å². The monoisotopic (exact) mass is 376 g/mol. The number of benzene rings is 1. The van der Waals surface area contributed by atoms with Crippen LogP contribution in [0.1, 0.15) is 19.4 Å². The third-order valence-corrected chi connectivity index (χ3v) is 4.95. The van der Waals surface area contributed by atoms with E-state index < -0.39 is 40.7 Å². The number of hydrogen-bond acceptors (Lipinski definition) is 5. The van der Waals surface area contributed by atoms with E-state index in [0.29, 0.717) is 12.1 Å². The molecular formula is C12H16F3O6PS. The minimum atomic E-state index is -4.91. The van der Waals surface area contributed by atoms with Gasteiger partial charge in [-0.25, -0.2) is 0 Å². The molecule has 1 aromatic rings. The van der Waals surface area contributed by atoms with Crippen LogP contribution in [0.4, 0.5) is 13.2 Å². The van der Waals surface area contributed by atoms with Crippen molar-refractivity contribution >= 4 is 17.7 Å². The van der Waals surface area contributed by atoms with Crippen LogP contribution < -0.4 is 0 Å². The van der Waals surface area contributed by atoms with Gasteiger partial charge in [0.1, 0.15) is 4.90 Å². The van der Waals surface area contributed by atoms with Crippen molar-refractivity contribution in [1.82, 2.24) is 0 Å². The largest absolute Gasteiger partial charge is 0.417 e. The van der Waals surface area contributed by atoms with Crippen LogP contribution in [0.15, 0.2) is 29.2 Å². The average molecular weight is 376 g/mol. The summed E-state index contributed by atoms with van der Waals surface area (Å²) < 4.78 is 82.7. The van der Waals surface area contributed by atoms with Gasteiger partial charge in [-0.05, 0) is 18.1 Å². The smallest absolute Gasteiger partial charge is 0.323 e. The Labute approximate surface area is 131 Å². The maximum atomic E-state index is 12.8. The molecule has 1 rings (SSSR count). The lowest BCUT2D eigenvalue weighted by Gasteiger charge is -2.15. The van der Waals surface area contributed by atoms with Crippen molar-refractivity contribution in [3.63, 3.8) is 0 Å². The van der Waals surface area contributed by atoms with Crippen molar-refractivity contribution in [2.24, 2.45) is 5.92 Å². The molecular weight excluding hydrogens is 360 g/mol. The fraction of sp³-hybridized carbons (Fsp3) is 0.500. The molecule has 0 radical (unpaired) electrons. The van der Waals surface area contributed by atoms with Crippen LogP contribution in [-0.4, -0.2) is 26.3 Å². The molecule has 0 fully saturated rings. The van der Waals surface area contributed by atoms with Crippen molar-refractivity contribution in [3.8, 4) is 0 Å². The van der Waals surface area contributed by atoms with Crippen LogP contribution in [0.2, 0.25) is 0 Å². The first-order chi connectivity index (χ1) is 10.4. The summed E-state index contributed by atoms with van der Waals surface area (Å²) in [5, 5.41) is 0. The Hall–Kier alpha value is -0.930. The summed E-state index contributed by atoms with van der Waals surface area (Å²) in [6.07, 6.45) is -6.18. The number of rotatable bonds is 7. The maximum absolute atomic E-state index is 12.8. The number of alkyl halides is 3. The molecule has 11 heteroatoms. The summed E-state index contributed by atoms with van der Waals surface area (Å²) in [5.41, 5.74) is -1.42. The molecule has 6 nitrogen and oxygen atoms in total. The van der Waals surface area contributed by atoms with E-state index in [4.69, 9.17) is 0 Å². The molecule has 0 aliphatic heterocycles. The van der Waals surface area contributed by atoms with Crippen molar-refractivity contribution in [2.75, 3.05) is 13.0 Å². The summed E-state index contributed by atoms with van der Waals surface area (Å²) in [4.78, 5) is 8.30. The Bertz CT molecular complexity index is 686. The van der Waals surface area contributed by atoms with Gasteiger partial charge in [-0.3, -0.25) is 8.75 Å². The van der Waals surface area contributed by atoms with Gasteiger partial charge in [-0.2, -0.15) is 21.6 Å². The quantitative estimate of drug-likeness (QED) is 0.581. The Morgan fingerprint density at radius 1 is 1.26 bits per heavy atom. The molecule has 0 amide bonds. The standard InChI is InChI=1S/C12H16F3O6PS/c1-9(2)7-20-22(16,17)8-21-23(18,19)11-6-4-3-5-10(11)12(13,14)15/h3-6,9H,7-8H2,1-2H3,(H,16,17). The average Bonchev–Trinajstić information content (AvgIpc) is 2.43. The second kappa shape index (κ2) is 7.31. The summed E-state index contributed by atoms with van der Waals surface area (Å²) in [6, 6.07) is 3.38. The molecule has 1 aromatic carbocycles. The van der Waals surface area contributed by atoms with Gasteiger partial charge in [0.15, 0.2) is 6.35 Å². The van der Waals surface area contributed by atoms with Gasteiger partial charge in [0.25, 0.3) is 10.1 Å². The molecule has 0 spiro atoms. The van der Waals surface area contributed by atoms with Crippen LogP contribution in [-0.2, 0) is 29.6 Å². The van der Waals surface area contributed by atoms with Crippen LogP contribution in [0.5, 0.6) is 0 Å². The molecule has 0 aliphatic rings. The van der Waals surface area contributed by atoms with Gasteiger partial charge in [0.05, 0.1) is 12.2 Å². The third-order valence-electron chi connectivity index (χ3n) is 2.44. The molecule has 0 aliphatic carbocycles. The summed E-state index contributed by atoms with van der Waals surface area (Å²) in [6.45, 7) is 3.25. The SMILES string of the molecule is CC(C)COP(=O)(O)COS(=O)(=O)c1ccccc1C(F)(F)F. The van der Waals surface area contributed by atoms with E-state index in [0.717, 1.165) is 12.1 Å². The molecule has 0 saturated heterocycles. The molecule has 0 saturated carbocycles. The minimum Gasteiger partial charge on any atom is -0.323 e. The zero-order chi connectivity index (χ0) is 17.9. The Balaban J connectivity index is 2.96. The highest BCUT2D eigenvalue weighted by molar-refractivity contribution is 7.87. The molecule has 1 N–H and O–H groups in total. The number of halogens is 3. The van der Waals surface area contributed by atoms with Gasteiger partial charge < -0.3 is 9.42 Å². The van der Waals surface area contributed by atoms with E-state index >= 15 is 0 Å². The topological polar surface area (TPSA) is 89.9 Å². The molecule has 1 unspecified atom stereocenters. The van der Waals surface area contributed by atoms with Gasteiger partial charge in [0, 0.05) is 0 Å². The Morgan fingerprint density at radius 2 is 1.83 bits per heavy atom. The fourth-order valence-electron chi connectivity index (χ4n) is 1.42. The van der Waals surface area contributed by atoms with Crippen molar-refractivity contribution in [2.45, 2.75) is 24.9 Å². The van der Waals surface area contributed by atoms with Gasteiger partial charge in [-0.1, -0.05) is 26.0 Å². The lowest BCUT2D eigenvalue weighted by molar-refractivity contribution is -0.140. The lowest BCUT2D eigenvalue weighted by Crippen LogP contribution is -2.16. The van der Waals surface area contributed by atoms with E-state index in [2.05, 4.69) is 8.71 Å². The predicted octanol–water partition coefficient (Wildman–Crippen LogP) is 3.23. The van der Waals surface area contributed by atoms with Gasteiger partial charge >= 0.3 is 13.8 Å². The minimum absolute atomic E-state index is 0.0990. The molecule has 1 atom stereocenters. The molecule has 132 valence electrons. The first kappa shape index (κ1) is 20.1. The highest BCUT2D eigenvalue weighted by Crippen LogP contribution is 2.43. The van der Waals surface area contributed by atoms with Gasteiger partial charge in [-0.15, -0.1) is 0 Å². The predicted molar refractivity (Wildman–Crippen MR) is 75.2 cm³/mol. The van der Waals surface area contributed by atoms with E-state index in [1.807, 2.05) is 0 Å². The lowest BCUT2D eigenvalue weighted by atomic mass is 10.2. The second-order valence-corrected chi connectivity index (χ2v) is 8.40. The van der Waals surface area contributed by atoms with Gasteiger partial charge in [0.2, 0.25) is 0 Å². The van der Waals surface area contributed by atoms with Crippen LogP contribution >= 0.6 is 7.60 Å². The third kappa shape index (κ3) is 6.23. The van der Waals surface area contributed by atoms with E-state index in [-0.39, 0.29) is 12.5 Å². The van der Waals surface area contributed by atoms with Crippen molar-refractivity contribution in [3.05, 3.63) is 29.8 Å². The van der Waals surface area contributed by atoms with E-state index in [1.54, 1.807) is 13.8 Å². The molecule has 0 bridgehead atoms. The van der Waals surface area contributed by atoms with Crippen LogP contribution in [0.3, 0.4) is 0 Å². The van der Waals surface area contributed by atoms with E-state index in [1.165, 1.54) is 0 Å². The first-order valence-corrected chi connectivity index (χ1v) is 9.54. The molecule has 0 heterocycles. The maximum Gasteiger partial charge on any atom is 0.417 e. The second-order valence-electron chi connectivity index (χ2n) is 5.02. The highest BCUT2D eigenvalue weighted by atomic mass is 32.2. The number of hydrogen-bond donors (Lipinski definition) is 1. The first-order valence-electron chi connectivity index (χ1n) is 6.37. The normalized spacial score (nSPS) is 15.6. The molecule has 0 aromatic heterocycles. The zero-order valence-electron chi connectivity index (χ0n) is 12.3. The Kier molecular flexibility index (Phi) is 6.39. The van der Waals surface area contributed by atoms with E-state index in [9.17, 15) is 31.0 Å². The molecule has 23 heavy (non-hydrogen) atoms. The zero-order valence-corrected chi connectivity index (χ0v) is 14.0. The summed E-state index contributed by atoms with van der Waals surface area (Å²) in [5.74, 6) is -0.0990. The van der Waals surface area contributed by atoms with Crippen LogP contribution in [0.25, 0.3) is 0 Å².